The summed E-state index contributed by atoms with van der Waals surface area (Å²) >= 11 is 5.78. The van der Waals surface area contributed by atoms with Crippen LogP contribution in [-0.2, 0) is 17.2 Å². The fourth-order valence-electron chi connectivity index (χ4n) is 2.14. The number of carbonyl (C=O) groups is 1. The molecule has 0 fully saturated rings. The molecule has 0 spiro atoms. The highest BCUT2D eigenvalue weighted by molar-refractivity contribution is 6.29. The maximum Gasteiger partial charge on any atom is 0.341 e. The zero-order chi connectivity index (χ0) is 17.7. The lowest BCUT2D eigenvalue weighted by Crippen LogP contribution is -2.18. The van der Waals surface area contributed by atoms with Crippen LogP contribution in [0.15, 0.2) is 24.4 Å². The van der Waals surface area contributed by atoms with Gasteiger partial charge >= 0.3 is 5.97 Å². The molecule has 2 heterocycles. The van der Waals surface area contributed by atoms with Crippen molar-refractivity contribution in [3.63, 3.8) is 0 Å². The molecule has 0 atom stereocenters. The molecule has 6 nitrogen and oxygen atoms in total. The van der Waals surface area contributed by atoms with Crippen LogP contribution in [0.5, 0.6) is 5.88 Å². The van der Waals surface area contributed by atoms with Crippen molar-refractivity contribution < 1.29 is 14.3 Å². The van der Waals surface area contributed by atoms with Gasteiger partial charge in [0, 0.05) is 31.1 Å². The maximum atomic E-state index is 12.3. The Morgan fingerprint density at radius 1 is 1.29 bits per heavy atom. The van der Waals surface area contributed by atoms with Crippen LogP contribution in [0.2, 0.25) is 5.15 Å². The molecule has 2 aromatic heterocycles. The van der Waals surface area contributed by atoms with E-state index in [1.165, 1.54) is 0 Å². The van der Waals surface area contributed by atoms with Crippen molar-refractivity contribution in [3.8, 4) is 5.88 Å². The molecule has 0 aliphatic rings. The van der Waals surface area contributed by atoms with Gasteiger partial charge in [-0.25, -0.2) is 9.78 Å². The smallest absolute Gasteiger partial charge is 0.341 e. The van der Waals surface area contributed by atoms with E-state index >= 15 is 0 Å². The van der Waals surface area contributed by atoms with Crippen molar-refractivity contribution in [2.24, 2.45) is 7.05 Å². The molecule has 0 radical (unpaired) electrons. The summed E-state index contributed by atoms with van der Waals surface area (Å²) in [4.78, 5) is 16.3. The number of ether oxygens (including phenoxy) is 2. The number of halogens is 1. The third-order valence-corrected chi connectivity index (χ3v) is 3.43. The predicted octanol–water partition coefficient (Wildman–Crippen LogP) is 3.39. The van der Waals surface area contributed by atoms with Gasteiger partial charge < -0.3 is 9.47 Å². The number of pyridine rings is 1. The average Bonchev–Trinajstić information content (AvgIpc) is 2.89. The predicted molar refractivity (Wildman–Crippen MR) is 91.5 cm³/mol. The molecule has 0 saturated carbocycles. The standard InChI is InChI=1S/C17H22ClN3O3/c1-17(2,3)15-12(11-21(4)20-15)16(22)24-10-6-9-23-14-8-5-7-13(18)19-14/h5,7-8,11H,6,9-10H2,1-4H3. The Morgan fingerprint density at radius 3 is 2.71 bits per heavy atom. The van der Waals surface area contributed by atoms with Crippen molar-refractivity contribution >= 4 is 17.6 Å². The summed E-state index contributed by atoms with van der Waals surface area (Å²) in [6.45, 7) is 6.69. The third-order valence-electron chi connectivity index (χ3n) is 3.22. The Hall–Kier alpha value is -2.08. The van der Waals surface area contributed by atoms with Crippen molar-refractivity contribution in [3.05, 3.63) is 40.8 Å². The number of esters is 1. The molecule has 0 aliphatic heterocycles. The molecule has 7 heteroatoms. The molecule has 0 aromatic carbocycles. The minimum Gasteiger partial charge on any atom is -0.477 e. The van der Waals surface area contributed by atoms with E-state index in [1.54, 1.807) is 36.1 Å². The second-order valence-corrected chi connectivity index (χ2v) is 6.84. The van der Waals surface area contributed by atoms with Gasteiger partial charge in [0.05, 0.1) is 18.9 Å². The summed E-state index contributed by atoms with van der Waals surface area (Å²) < 4.78 is 12.4. The summed E-state index contributed by atoms with van der Waals surface area (Å²) in [5.74, 6) is 0.0880. The number of nitrogens with zero attached hydrogens (tertiary/aromatic N) is 3. The second-order valence-electron chi connectivity index (χ2n) is 6.45. The summed E-state index contributed by atoms with van der Waals surface area (Å²) in [6.07, 6.45) is 2.25. The summed E-state index contributed by atoms with van der Waals surface area (Å²) in [5, 5.41) is 4.75. The number of rotatable bonds is 6. The van der Waals surface area contributed by atoms with Crippen LogP contribution in [0.25, 0.3) is 0 Å². The van der Waals surface area contributed by atoms with Gasteiger partial charge in [0.15, 0.2) is 0 Å². The van der Waals surface area contributed by atoms with Crippen molar-refractivity contribution in [2.75, 3.05) is 13.2 Å². The molecule has 0 unspecified atom stereocenters. The fraction of sp³-hybridized carbons (Fsp3) is 0.471. The first kappa shape index (κ1) is 18.3. The lowest BCUT2D eigenvalue weighted by atomic mass is 9.89. The minimum absolute atomic E-state index is 0.225. The highest BCUT2D eigenvalue weighted by atomic mass is 35.5. The quantitative estimate of drug-likeness (QED) is 0.453. The summed E-state index contributed by atoms with van der Waals surface area (Å²) in [5.41, 5.74) is 1.01. The maximum absolute atomic E-state index is 12.3. The largest absolute Gasteiger partial charge is 0.477 e. The van der Waals surface area contributed by atoms with E-state index in [4.69, 9.17) is 21.1 Å². The zero-order valence-electron chi connectivity index (χ0n) is 14.4. The van der Waals surface area contributed by atoms with Gasteiger partial charge in [-0.3, -0.25) is 4.68 Å². The monoisotopic (exact) mass is 351 g/mol. The number of carbonyl (C=O) groups excluding carboxylic acids is 1. The molecule has 2 rings (SSSR count). The Bertz CT molecular complexity index is 707. The van der Waals surface area contributed by atoms with E-state index in [-0.39, 0.29) is 18.0 Å². The molecular weight excluding hydrogens is 330 g/mol. The van der Waals surface area contributed by atoms with Crippen molar-refractivity contribution in [1.82, 2.24) is 14.8 Å². The van der Waals surface area contributed by atoms with Crippen LogP contribution in [0.4, 0.5) is 0 Å². The Kier molecular flexibility index (Phi) is 5.83. The molecule has 2 aromatic rings. The van der Waals surface area contributed by atoms with Crippen LogP contribution in [0.3, 0.4) is 0 Å². The van der Waals surface area contributed by atoms with Gasteiger partial charge in [-0.15, -0.1) is 0 Å². The van der Waals surface area contributed by atoms with Gasteiger partial charge in [-0.2, -0.15) is 5.10 Å². The third kappa shape index (κ3) is 4.96. The van der Waals surface area contributed by atoms with Crippen LogP contribution in [0, 0.1) is 0 Å². The zero-order valence-corrected chi connectivity index (χ0v) is 15.1. The number of hydrogen-bond donors (Lipinski definition) is 0. The molecule has 0 saturated heterocycles. The fourth-order valence-corrected chi connectivity index (χ4v) is 2.30. The first-order valence-corrected chi connectivity index (χ1v) is 8.12. The van der Waals surface area contributed by atoms with Crippen LogP contribution in [0.1, 0.15) is 43.2 Å². The van der Waals surface area contributed by atoms with E-state index < -0.39 is 0 Å². The lowest BCUT2D eigenvalue weighted by Gasteiger charge is -2.16. The van der Waals surface area contributed by atoms with E-state index in [1.807, 2.05) is 20.8 Å². The normalized spacial score (nSPS) is 11.4. The lowest BCUT2D eigenvalue weighted by molar-refractivity contribution is 0.0482. The van der Waals surface area contributed by atoms with Crippen LogP contribution >= 0.6 is 11.6 Å². The Morgan fingerprint density at radius 2 is 2.04 bits per heavy atom. The molecule has 0 aliphatic carbocycles. The minimum atomic E-state index is -0.367. The highest BCUT2D eigenvalue weighted by Crippen LogP contribution is 2.24. The molecule has 0 N–H and O–H groups in total. The van der Waals surface area contributed by atoms with Crippen LogP contribution in [-0.4, -0.2) is 33.9 Å². The van der Waals surface area contributed by atoms with E-state index in [0.29, 0.717) is 29.6 Å². The van der Waals surface area contributed by atoms with Gasteiger partial charge in [0.25, 0.3) is 0 Å². The number of aromatic nitrogens is 3. The van der Waals surface area contributed by atoms with Crippen molar-refractivity contribution in [1.29, 1.82) is 0 Å². The highest BCUT2D eigenvalue weighted by Gasteiger charge is 2.26. The number of hydrogen-bond acceptors (Lipinski definition) is 5. The van der Waals surface area contributed by atoms with E-state index in [9.17, 15) is 4.79 Å². The molecular formula is C17H22ClN3O3. The van der Waals surface area contributed by atoms with Gasteiger partial charge in [0.2, 0.25) is 5.88 Å². The molecule has 0 amide bonds. The number of aryl methyl sites for hydroxylation is 1. The Labute approximate surface area is 146 Å². The van der Waals surface area contributed by atoms with Gasteiger partial charge in [0.1, 0.15) is 10.7 Å². The second kappa shape index (κ2) is 7.66. The van der Waals surface area contributed by atoms with Crippen LogP contribution < -0.4 is 4.74 Å². The summed E-state index contributed by atoms with van der Waals surface area (Å²) in [7, 11) is 1.79. The van der Waals surface area contributed by atoms with Crippen molar-refractivity contribution in [2.45, 2.75) is 32.6 Å². The average molecular weight is 352 g/mol. The molecule has 24 heavy (non-hydrogen) atoms. The Balaban J connectivity index is 1.82. The van der Waals surface area contributed by atoms with E-state index in [2.05, 4.69) is 10.1 Å². The first-order chi connectivity index (χ1) is 11.3. The molecule has 0 bridgehead atoms. The molecule has 130 valence electrons. The topological polar surface area (TPSA) is 66.2 Å². The van der Waals surface area contributed by atoms with E-state index in [0.717, 1.165) is 5.69 Å². The summed E-state index contributed by atoms with van der Waals surface area (Å²) in [6, 6.07) is 5.17. The SMILES string of the molecule is Cn1cc(C(=O)OCCCOc2cccc(Cl)n2)c(C(C)(C)C)n1. The van der Waals surface area contributed by atoms with Gasteiger partial charge in [-0.1, -0.05) is 38.4 Å². The first-order valence-electron chi connectivity index (χ1n) is 7.74. The van der Waals surface area contributed by atoms with Gasteiger partial charge in [-0.05, 0) is 6.07 Å².